The van der Waals surface area contributed by atoms with Crippen LogP contribution < -0.4 is 0 Å². The predicted molar refractivity (Wildman–Crippen MR) is 56.7 cm³/mol. The maximum absolute atomic E-state index is 13.4. The second-order valence-corrected chi connectivity index (χ2v) is 3.34. The van der Waals surface area contributed by atoms with E-state index in [4.69, 9.17) is 0 Å². The van der Waals surface area contributed by atoms with Crippen LogP contribution in [0.15, 0.2) is 18.2 Å². The molecule has 1 aromatic carbocycles. The molecule has 0 radical (unpaired) electrons. The molecule has 0 aromatic heterocycles. The maximum Gasteiger partial charge on any atom is 0.313 e. The summed E-state index contributed by atoms with van der Waals surface area (Å²) in [7, 11) is 0. The Kier molecular flexibility index (Phi) is 4.17. The molecule has 0 atom stereocenters. The third-order valence-electron chi connectivity index (χ3n) is 2.11. The zero-order valence-electron chi connectivity index (χ0n) is 9.25. The molecule has 0 heterocycles. The van der Waals surface area contributed by atoms with Gasteiger partial charge in [-0.15, -0.1) is 0 Å². The number of carbonyl (C=O) groups is 2. The summed E-state index contributed by atoms with van der Waals surface area (Å²) in [6, 6.07) is 4.35. The molecule has 86 valence electrons. The van der Waals surface area contributed by atoms with E-state index < -0.39 is 24.0 Å². The molecule has 0 fully saturated rings. The number of halogens is 1. The van der Waals surface area contributed by atoms with Crippen LogP contribution in [0.2, 0.25) is 0 Å². The molecule has 3 nitrogen and oxygen atoms in total. The van der Waals surface area contributed by atoms with Crippen LogP contribution in [0.3, 0.4) is 0 Å². The summed E-state index contributed by atoms with van der Waals surface area (Å²) in [5.74, 6) is -1.78. The fourth-order valence-electron chi connectivity index (χ4n) is 1.42. The van der Waals surface area contributed by atoms with Crippen molar-refractivity contribution >= 4 is 11.8 Å². The van der Waals surface area contributed by atoms with Gasteiger partial charge in [-0.2, -0.15) is 0 Å². The van der Waals surface area contributed by atoms with Crippen LogP contribution in [-0.4, -0.2) is 18.4 Å². The molecular formula is C12H13FO3. The first-order chi connectivity index (χ1) is 7.56. The monoisotopic (exact) mass is 224 g/mol. The molecule has 0 aliphatic heterocycles. The minimum atomic E-state index is -0.629. The van der Waals surface area contributed by atoms with E-state index in [1.807, 2.05) is 0 Å². The number of hydrogen-bond acceptors (Lipinski definition) is 3. The van der Waals surface area contributed by atoms with E-state index >= 15 is 0 Å². The highest BCUT2D eigenvalue weighted by molar-refractivity contribution is 6.06. The van der Waals surface area contributed by atoms with Gasteiger partial charge in [0.1, 0.15) is 12.2 Å². The second-order valence-electron chi connectivity index (χ2n) is 3.34. The van der Waals surface area contributed by atoms with Crippen LogP contribution in [-0.2, 0) is 9.53 Å². The molecule has 0 bridgehead atoms. The largest absolute Gasteiger partial charge is 0.466 e. The lowest BCUT2D eigenvalue weighted by Crippen LogP contribution is -2.13. The van der Waals surface area contributed by atoms with Crippen LogP contribution in [0.5, 0.6) is 0 Å². The third kappa shape index (κ3) is 2.89. The Bertz CT molecular complexity index is 392. The van der Waals surface area contributed by atoms with Crippen LogP contribution in [0.1, 0.15) is 29.3 Å². The molecule has 1 aromatic rings. The molecule has 0 aliphatic rings. The van der Waals surface area contributed by atoms with Crippen molar-refractivity contribution in [3.63, 3.8) is 0 Å². The van der Waals surface area contributed by atoms with Gasteiger partial charge in [-0.3, -0.25) is 9.59 Å². The summed E-state index contributed by atoms with van der Waals surface area (Å²) in [4.78, 5) is 22.7. The number of aryl methyl sites for hydroxylation is 1. The number of ketones is 1. The van der Waals surface area contributed by atoms with Crippen molar-refractivity contribution in [2.45, 2.75) is 20.3 Å². The van der Waals surface area contributed by atoms with Crippen molar-refractivity contribution in [1.29, 1.82) is 0 Å². The van der Waals surface area contributed by atoms with Gasteiger partial charge in [0.05, 0.1) is 12.2 Å². The van der Waals surface area contributed by atoms with E-state index in [0.717, 1.165) is 0 Å². The quantitative estimate of drug-likeness (QED) is 0.447. The Balaban J connectivity index is 2.85. The Morgan fingerprint density at radius 3 is 2.62 bits per heavy atom. The van der Waals surface area contributed by atoms with Gasteiger partial charge in [0.25, 0.3) is 0 Å². The van der Waals surface area contributed by atoms with Gasteiger partial charge in [0.15, 0.2) is 5.78 Å². The molecule has 0 N–H and O–H groups in total. The standard InChI is InChI=1S/C12H13FO3/c1-3-16-11(15)7-10(14)12-8(2)5-4-6-9(12)13/h4-6H,3,7H2,1-2H3. The second kappa shape index (κ2) is 5.39. The van der Waals surface area contributed by atoms with Crippen molar-refractivity contribution in [2.75, 3.05) is 6.61 Å². The van der Waals surface area contributed by atoms with Crippen molar-refractivity contribution in [2.24, 2.45) is 0 Å². The molecule has 4 heteroatoms. The Morgan fingerprint density at radius 2 is 2.06 bits per heavy atom. The first-order valence-electron chi connectivity index (χ1n) is 5.00. The molecule has 0 amide bonds. The number of esters is 1. The van der Waals surface area contributed by atoms with Crippen LogP contribution in [0.4, 0.5) is 4.39 Å². The summed E-state index contributed by atoms with van der Waals surface area (Å²) in [5.41, 5.74) is 0.491. The smallest absolute Gasteiger partial charge is 0.313 e. The number of Topliss-reactive ketones (excluding diaryl/α,β-unsaturated/α-hetero) is 1. The minimum Gasteiger partial charge on any atom is -0.466 e. The van der Waals surface area contributed by atoms with E-state index in [9.17, 15) is 14.0 Å². The highest BCUT2D eigenvalue weighted by Crippen LogP contribution is 2.15. The lowest BCUT2D eigenvalue weighted by atomic mass is 10.0. The molecule has 0 unspecified atom stereocenters. The van der Waals surface area contributed by atoms with E-state index in [2.05, 4.69) is 4.74 Å². The molecule has 16 heavy (non-hydrogen) atoms. The molecule has 0 saturated heterocycles. The van der Waals surface area contributed by atoms with Gasteiger partial charge in [-0.1, -0.05) is 12.1 Å². The summed E-state index contributed by atoms with van der Waals surface area (Å²) in [6.07, 6.45) is -0.421. The average Bonchev–Trinajstić information content (AvgIpc) is 2.17. The molecular weight excluding hydrogens is 211 g/mol. The van der Waals surface area contributed by atoms with Crippen LogP contribution in [0, 0.1) is 12.7 Å². The Labute approximate surface area is 93.2 Å². The van der Waals surface area contributed by atoms with Crippen molar-refractivity contribution in [3.8, 4) is 0 Å². The lowest BCUT2D eigenvalue weighted by molar-refractivity contribution is -0.141. The number of ether oxygens (including phenoxy) is 1. The normalized spacial score (nSPS) is 9.94. The van der Waals surface area contributed by atoms with Gasteiger partial charge in [0, 0.05) is 0 Å². The van der Waals surface area contributed by atoms with Gasteiger partial charge in [0.2, 0.25) is 0 Å². The van der Waals surface area contributed by atoms with E-state index in [1.165, 1.54) is 12.1 Å². The zero-order valence-corrected chi connectivity index (χ0v) is 9.25. The lowest BCUT2D eigenvalue weighted by Gasteiger charge is -2.05. The van der Waals surface area contributed by atoms with Crippen LogP contribution >= 0.6 is 0 Å². The molecule has 0 spiro atoms. The molecule has 0 saturated carbocycles. The molecule has 1 rings (SSSR count). The van der Waals surface area contributed by atoms with Gasteiger partial charge in [-0.25, -0.2) is 4.39 Å². The highest BCUT2D eigenvalue weighted by Gasteiger charge is 2.18. The molecule has 0 aliphatic carbocycles. The van der Waals surface area contributed by atoms with E-state index in [-0.39, 0.29) is 12.2 Å². The van der Waals surface area contributed by atoms with Crippen molar-refractivity contribution in [3.05, 3.63) is 35.1 Å². The predicted octanol–water partition coefficient (Wildman–Crippen LogP) is 2.27. The summed E-state index contributed by atoms with van der Waals surface area (Å²) in [5, 5.41) is 0. The average molecular weight is 224 g/mol. The minimum absolute atomic E-state index is 0.0319. The zero-order chi connectivity index (χ0) is 12.1. The van der Waals surface area contributed by atoms with E-state index in [0.29, 0.717) is 5.56 Å². The summed E-state index contributed by atoms with van der Waals surface area (Å²) >= 11 is 0. The van der Waals surface area contributed by atoms with Crippen molar-refractivity contribution in [1.82, 2.24) is 0 Å². The first kappa shape index (κ1) is 12.4. The van der Waals surface area contributed by atoms with Gasteiger partial charge >= 0.3 is 5.97 Å². The van der Waals surface area contributed by atoms with Gasteiger partial charge in [-0.05, 0) is 25.5 Å². The fourth-order valence-corrected chi connectivity index (χ4v) is 1.42. The number of rotatable bonds is 4. The third-order valence-corrected chi connectivity index (χ3v) is 2.11. The SMILES string of the molecule is CCOC(=O)CC(=O)c1c(C)cccc1F. The van der Waals surface area contributed by atoms with Crippen molar-refractivity contribution < 1.29 is 18.7 Å². The van der Waals surface area contributed by atoms with Gasteiger partial charge < -0.3 is 4.74 Å². The summed E-state index contributed by atoms with van der Waals surface area (Å²) < 4.78 is 18.0. The Morgan fingerprint density at radius 1 is 1.38 bits per heavy atom. The number of hydrogen-bond donors (Lipinski definition) is 0. The van der Waals surface area contributed by atoms with Crippen LogP contribution in [0.25, 0.3) is 0 Å². The summed E-state index contributed by atoms with van der Waals surface area (Å²) in [6.45, 7) is 3.49. The topological polar surface area (TPSA) is 43.4 Å². The Hall–Kier alpha value is -1.71. The first-order valence-corrected chi connectivity index (χ1v) is 5.00. The highest BCUT2D eigenvalue weighted by atomic mass is 19.1. The fraction of sp³-hybridized carbons (Fsp3) is 0.333. The number of carbonyl (C=O) groups excluding carboxylic acids is 2. The number of benzene rings is 1. The van der Waals surface area contributed by atoms with E-state index in [1.54, 1.807) is 19.9 Å². The maximum atomic E-state index is 13.4.